The smallest absolute Gasteiger partial charge is 0.341 e. The van der Waals surface area contributed by atoms with E-state index >= 15 is 0 Å². The predicted molar refractivity (Wildman–Crippen MR) is 63.4 cm³/mol. The van der Waals surface area contributed by atoms with Crippen LogP contribution in [0.2, 0.25) is 0 Å². The van der Waals surface area contributed by atoms with Crippen LogP contribution in [0.15, 0.2) is 35.0 Å². The van der Waals surface area contributed by atoms with Crippen LogP contribution in [0.25, 0.3) is 0 Å². The van der Waals surface area contributed by atoms with Gasteiger partial charge in [-0.15, -0.1) is 0 Å². The third kappa shape index (κ3) is 3.65. The zero-order valence-electron chi connectivity index (χ0n) is 9.69. The zero-order valence-corrected chi connectivity index (χ0v) is 9.69. The van der Waals surface area contributed by atoms with Crippen molar-refractivity contribution in [3.05, 3.63) is 41.6 Å². The Labute approximate surface area is 103 Å². The SMILES string of the molecule is CCOC(=O)/C(C=Nc1ccc(F)cc1F)=C/N. The second-order valence-corrected chi connectivity index (χ2v) is 3.20. The van der Waals surface area contributed by atoms with Crippen molar-refractivity contribution < 1.29 is 18.3 Å². The lowest BCUT2D eigenvalue weighted by molar-refractivity contribution is -0.137. The van der Waals surface area contributed by atoms with Gasteiger partial charge in [0.25, 0.3) is 0 Å². The van der Waals surface area contributed by atoms with Crippen LogP contribution in [-0.2, 0) is 9.53 Å². The maximum atomic E-state index is 13.2. The molecular weight excluding hydrogens is 242 g/mol. The van der Waals surface area contributed by atoms with E-state index in [0.29, 0.717) is 6.07 Å². The van der Waals surface area contributed by atoms with Crippen molar-refractivity contribution in [2.45, 2.75) is 6.92 Å². The molecule has 0 amide bonds. The number of halogens is 2. The Morgan fingerprint density at radius 1 is 1.50 bits per heavy atom. The summed E-state index contributed by atoms with van der Waals surface area (Å²) in [4.78, 5) is 15.0. The second-order valence-electron chi connectivity index (χ2n) is 3.20. The van der Waals surface area contributed by atoms with Gasteiger partial charge in [0.2, 0.25) is 0 Å². The molecule has 0 aliphatic carbocycles. The molecule has 0 fully saturated rings. The molecule has 0 unspecified atom stereocenters. The minimum atomic E-state index is -0.827. The highest BCUT2D eigenvalue weighted by Gasteiger charge is 2.08. The summed E-state index contributed by atoms with van der Waals surface area (Å²) in [6.07, 6.45) is 2.07. The third-order valence-corrected chi connectivity index (χ3v) is 1.94. The number of nitrogens with two attached hydrogens (primary N) is 1. The molecule has 6 heteroatoms. The minimum absolute atomic E-state index is 0.0134. The highest BCUT2D eigenvalue weighted by molar-refractivity contribution is 6.09. The van der Waals surface area contributed by atoms with Crippen molar-refractivity contribution in [2.75, 3.05) is 6.61 Å². The highest BCUT2D eigenvalue weighted by atomic mass is 19.1. The molecule has 18 heavy (non-hydrogen) atoms. The summed E-state index contributed by atoms with van der Waals surface area (Å²) in [6, 6.07) is 2.91. The molecule has 0 saturated carbocycles. The Balaban J connectivity index is 2.88. The van der Waals surface area contributed by atoms with Gasteiger partial charge in [-0.1, -0.05) is 0 Å². The van der Waals surface area contributed by atoms with Crippen LogP contribution in [0.5, 0.6) is 0 Å². The summed E-state index contributed by atoms with van der Waals surface area (Å²) in [5.41, 5.74) is 5.11. The monoisotopic (exact) mass is 254 g/mol. The van der Waals surface area contributed by atoms with Gasteiger partial charge in [-0.05, 0) is 19.1 Å². The summed E-state index contributed by atoms with van der Waals surface area (Å²) in [6.45, 7) is 1.83. The molecule has 1 rings (SSSR count). The quantitative estimate of drug-likeness (QED) is 0.508. The van der Waals surface area contributed by atoms with E-state index in [1.807, 2.05) is 0 Å². The summed E-state index contributed by atoms with van der Waals surface area (Å²) >= 11 is 0. The largest absolute Gasteiger partial charge is 0.462 e. The van der Waals surface area contributed by atoms with E-state index < -0.39 is 17.6 Å². The van der Waals surface area contributed by atoms with Crippen LogP contribution < -0.4 is 5.73 Å². The Morgan fingerprint density at radius 3 is 2.78 bits per heavy atom. The Bertz CT molecular complexity index is 499. The lowest BCUT2D eigenvalue weighted by Gasteiger charge is -2.01. The van der Waals surface area contributed by atoms with Crippen molar-refractivity contribution in [1.82, 2.24) is 0 Å². The van der Waals surface area contributed by atoms with Gasteiger partial charge < -0.3 is 10.5 Å². The molecule has 1 aromatic carbocycles. The number of nitrogens with zero attached hydrogens (tertiary/aromatic N) is 1. The second kappa shape index (κ2) is 6.48. The minimum Gasteiger partial charge on any atom is -0.462 e. The number of carbonyl (C=O) groups excluding carboxylic acids is 1. The van der Waals surface area contributed by atoms with Gasteiger partial charge in [0.15, 0.2) is 5.82 Å². The van der Waals surface area contributed by atoms with E-state index in [-0.39, 0.29) is 17.9 Å². The first-order chi connectivity index (χ1) is 8.58. The zero-order chi connectivity index (χ0) is 13.5. The van der Waals surface area contributed by atoms with Crippen LogP contribution in [-0.4, -0.2) is 18.8 Å². The number of rotatable bonds is 4. The van der Waals surface area contributed by atoms with Crippen LogP contribution >= 0.6 is 0 Å². The summed E-state index contributed by atoms with van der Waals surface area (Å²) < 4.78 is 30.6. The number of ether oxygens (including phenoxy) is 1. The lowest BCUT2D eigenvalue weighted by Crippen LogP contribution is -2.10. The van der Waals surface area contributed by atoms with Gasteiger partial charge in [-0.25, -0.2) is 13.6 Å². The van der Waals surface area contributed by atoms with E-state index in [0.717, 1.165) is 24.5 Å². The first-order valence-electron chi connectivity index (χ1n) is 5.16. The summed E-state index contributed by atoms with van der Waals surface area (Å²) in [5.74, 6) is -2.19. The van der Waals surface area contributed by atoms with Gasteiger partial charge in [0.1, 0.15) is 5.82 Å². The third-order valence-electron chi connectivity index (χ3n) is 1.94. The molecule has 0 aliphatic rings. The van der Waals surface area contributed by atoms with Crippen LogP contribution in [0.1, 0.15) is 6.92 Å². The molecule has 4 nitrogen and oxygen atoms in total. The van der Waals surface area contributed by atoms with Gasteiger partial charge >= 0.3 is 5.97 Å². The Kier molecular flexibility index (Phi) is 4.98. The van der Waals surface area contributed by atoms with Gasteiger partial charge in [-0.2, -0.15) is 0 Å². The average molecular weight is 254 g/mol. The average Bonchev–Trinajstić information content (AvgIpc) is 2.32. The maximum Gasteiger partial charge on any atom is 0.341 e. The number of aliphatic imine (C=N–C) groups is 1. The van der Waals surface area contributed by atoms with Crippen molar-refractivity contribution in [1.29, 1.82) is 0 Å². The molecule has 0 spiro atoms. The topological polar surface area (TPSA) is 64.7 Å². The van der Waals surface area contributed by atoms with Crippen molar-refractivity contribution in [2.24, 2.45) is 10.7 Å². The molecular formula is C12H12F2N2O2. The van der Waals surface area contributed by atoms with E-state index in [1.54, 1.807) is 6.92 Å². The van der Waals surface area contributed by atoms with E-state index in [4.69, 9.17) is 10.5 Å². The summed E-state index contributed by atoms with van der Waals surface area (Å²) in [5, 5.41) is 0. The fourth-order valence-electron chi connectivity index (χ4n) is 1.10. The lowest BCUT2D eigenvalue weighted by atomic mass is 10.3. The van der Waals surface area contributed by atoms with Crippen LogP contribution in [0.3, 0.4) is 0 Å². The van der Waals surface area contributed by atoms with Gasteiger partial charge in [-0.3, -0.25) is 4.99 Å². The molecule has 1 aromatic rings. The standard InChI is InChI=1S/C12H12F2N2O2/c1-2-18-12(17)8(6-15)7-16-11-4-3-9(13)5-10(11)14/h3-7H,2,15H2,1H3/b8-6+,16-7?. The number of esters is 1. The van der Waals surface area contributed by atoms with Crippen LogP contribution in [0, 0.1) is 11.6 Å². The fraction of sp³-hybridized carbons (Fsp3) is 0.167. The maximum absolute atomic E-state index is 13.2. The summed E-state index contributed by atoms with van der Waals surface area (Å²) in [7, 11) is 0. The first kappa shape index (κ1) is 13.8. The number of benzene rings is 1. The normalized spacial score (nSPS) is 11.8. The predicted octanol–water partition coefficient (Wildman–Crippen LogP) is 2.07. The van der Waals surface area contributed by atoms with Crippen molar-refractivity contribution >= 4 is 17.9 Å². The molecule has 0 saturated heterocycles. The highest BCUT2D eigenvalue weighted by Crippen LogP contribution is 2.18. The molecule has 0 atom stereocenters. The van der Waals surface area contributed by atoms with Crippen molar-refractivity contribution in [3.63, 3.8) is 0 Å². The molecule has 96 valence electrons. The fourth-order valence-corrected chi connectivity index (χ4v) is 1.10. The van der Waals surface area contributed by atoms with Gasteiger partial charge in [0.05, 0.1) is 17.9 Å². The van der Waals surface area contributed by atoms with E-state index in [1.165, 1.54) is 0 Å². The Morgan fingerprint density at radius 2 is 2.22 bits per heavy atom. The van der Waals surface area contributed by atoms with Gasteiger partial charge in [0, 0.05) is 18.5 Å². The molecule has 0 radical (unpaired) electrons. The van der Waals surface area contributed by atoms with E-state index in [9.17, 15) is 13.6 Å². The molecule has 0 heterocycles. The van der Waals surface area contributed by atoms with Crippen molar-refractivity contribution in [3.8, 4) is 0 Å². The van der Waals surface area contributed by atoms with E-state index in [2.05, 4.69) is 4.99 Å². The van der Waals surface area contributed by atoms with Crippen LogP contribution in [0.4, 0.5) is 14.5 Å². The number of hydrogen-bond donors (Lipinski definition) is 1. The molecule has 0 bridgehead atoms. The Hall–Kier alpha value is -2.24. The molecule has 2 N–H and O–H groups in total. The first-order valence-corrected chi connectivity index (χ1v) is 5.16. The molecule has 0 aromatic heterocycles. The molecule has 0 aliphatic heterocycles. The number of hydrogen-bond acceptors (Lipinski definition) is 4. The number of carbonyl (C=O) groups is 1.